The summed E-state index contributed by atoms with van der Waals surface area (Å²) in [5.41, 5.74) is 5.23. The molecule has 0 aliphatic carbocycles. The van der Waals surface area contributed by atoms with Crippen LogP contribution in [0.2, 0.25) is 0 Å². The number of anilines is 2. The third-order valence-corrected chi connectivity index (χ3v) is 5.87. The van der Waals surface area contributed by atoms with Crippen LogP contribution in [0.5, 0.6) is 0 Å². The quantitative estimate of drug-likeness (QED) is 0.448. The molecule has 0 saturated carbocycles. The highest BCUT2D eigenvalue weighted by atomic mass is 16.5. The number of allylic oxidation sites excluding steroid dienone is 1. The van der Waals surface area contributed by atoms with Gasteiger partial charge in [-0.15, -0.1) is 0 Å². The molecule has 0 bridgehead atoms. The summed E-state index contributed by atoms with van der Waals surface area (Å²) >= 11 is 0. The van der Waals surface area contributed by atoms with Crippen LogP contribution in [-0.4, -0.2) is 35.6 Å². The maximum Gasteiger partial charge on any atom is 0.338 e. The van der Waals surface area contributed by atoms with E-state index in [2.05, 4.69) is 16.0 Å². The molecule has 0 fully saturated rings. The van der Waals surface area contributed by atoms with Crippen LogP contribution in [0.1, 0.15) is 56.8 Å². The predicted octanol–water partition coefficient (Wildman–Crippen LogP) is 5.65. The Morgan fingerprint density at radius 1 is 1.00 bits per heavy atom. The molecule has 1 aliphatic rings. The van der Waals surface area contributed by atoms with Gasteiger partial charge < -0.3 is 20.7 Å². The number of hydrogen-bond acceptors (Lipinski definition) is 4. The lowest BCUT2D eigenvalue weighted by Gasteiger charge is -2.35. The van der Waals surface area contributed by atoms with Crippen molar-refractivity contribution in [3.8, 4) is 0 Å². The Morgan fingerprint density at radius 2 is 1.63 bits per heavy atom. The second-order valence-corrected chi connectivity index (χ2v) is 8.99. The molecule has 35 heavy (non-hydrogen) atoms. The second-order valence-electron chi connectivity index (χ2n) is 8.99. The Hall–Kier alpha value is -3.81. The van der Waals surface area contributed by atoms with Crippen LogP contribution in [0.3, 0.4) is 0 Å². The van der Waals surface area contributed by atoms with E-state index in [-0.39, 0.29) is 18.2 Å². The molecule has 0 aromatic heterocycles. The molecule has 4 amide bonds. The van der Waals surface area contributed by atoms with Crippen molar-refractivity contribution in [2.75, 3.05) is 17.2 Å². The van der Waals surface area contributed by atoms with Crippen LogP contribution in [0.15, 0.2) is 53.7 Å². The fourth-order valence-corrected chi connectivity index (χ4v) is 3.94. The highest BCUT2D eigenvalue weighted by Crippen LogP contribution is 2.32. The molecule has 8 heteroatoms. The van der Waals surface area contributed by atoms with E-state index in [1.807, 2.05) is 39.0 Å². The molecular weight excluding hydrogens is 444 g/mol. The Morgan fingerprint density at radius 3 is 2.23 bits per heavy atom. The van der Waals surface area contributed by atoms with Gasteiger partial charge in [0.05, 0.1) is 17.7 Å². The summed E-state index contributed by atoms with van der Waals surface area (Å²) in [5.74, 6) is -0.460. The number of nitrogens with one attached hydrogen (secondary N) is 3. The molecule has 0 spiro atoms. The number of rotatable bonds is 7. The summed E-state index contributed by atoms with van der Waals surface area (Å²) in [6, 6.07) is 11.5. The molecule has 1 aliphatic heterocycles. The molecule has 186 valence electrons. The molecule has 1 unspecified atom stereocenters. The number of carbonyl (C=O) groups excluding carboxylic acids is 3. The molecular formula is C27H34N4O4. The molecule has 1 heterocycles. The standard InChI is InChI=1S/C27H34N4O4/c1-7-14-31-19(6)23(25(32)35-16(2)3)24(30-27(31)34)20-9-12-21(13-10-20)28-26(33)29-22-11-8-17(4)18(5)15-22/h8-13,15-16,24H,7,14H2,1-6H3,(H,30,34)(H2,28,29,33). The number of ether oxygens (including phenoxy) is 1. The van der Waals surface area contributed by atoms with Crippen molar-refractivity contribution < 1.29 is 19.1 Å². The number of hydrogen-bond donors (Lipinski definition) is 3. The summed E-state index contributed by atoms with van der Waals surface area (Å²) in [4.78, 5) is 39.7. The van der Waals surface area contributed by atoms with Gasteiger partial charge in [-0.1, -0.05) is 25.1 Å². The van der Waals surface area contributed by atoms with E-state index >= 15 is 0 Å². The average molecular weight is 479 g/mol. The largest absolute Gasteiger partial charge is 0.459 e. The zero-order chi connectivity index (χ0) is 25.7. The van der Waals surface area contributed by atoms with E-state index < -0.39 is 12.0 Å². The van der Waals surface area contributed by atoms with Gasteiger partial charge in [-0.25, -0.2) is 14.4 Å². The summed E-state index contributed by atoms with van der Waals surface area (Å²) in [5, 5.41) is 8.56. The minimum absolute atomic E-state index is 0.259. The maximum absolute atomic E-state index is 13.0. The average Bonchev–Trinajstić information content (AvgIpc) is 2.78. The van der Waals surface area contributed by atoms with Crippen LogP contribution in [0, 0.1) is 13.8 Å². The van der Waals surface area contributed by atoms with Crippen LogP contribution in [0.4, 0.5) is 21.0 Å². The monoisotopic (exact) mass is 478 g/mol. The Kier molecular flexibility index (Phi) is 8.17. The summed E-state index contributed by atoms with van der Waals surface area (Å²) in [6.45, 7) is 11.8. The van der Waals surface area contributed by atoms with E-state index in [9.17, 15) is 14.4 Å². The van der Waals surface area contributed by atoms with E-state index in [4.69, 9.17) is 4.74 Å². The molecule has 3 rings (SSSR count). The topological polar surface area (TPSA) is 99.8 Å². The fourth-order valence-electron chi connectivity index (χ4n) is 3.94. The number of amides is 4. The van der Waals surface area contributed by atoms with Crippen LogP contribution < -0.4 is 16.0 Å². The lowest BCUT2D eigenvalue weighted by Crippen LogP contribution is -2.48. The van der Waals surface area contributed by atoms with E-state index in [1.54, 1.807) is 49.9 Å². The second kappa shape index (κ2) is 11.1. The first-order chi connectivity index (χ1) is 16.6. The van der Waals surface area contributed by atoms with Crippen LogP contribution in [0.25, 0.3) is 0 Å². The molecule has 8 nitrogen and oxygen atoms in total. The molecule has 2 aromatic carbocycles. The van der Waals surface area contributed by atoms with Gasteiger partial charge in [0.15, 0.2) is 0 Å². The van der Waals surface area contributed by atoms with Crippen molar-refractivity contribution in [1.29, 1.82) is 0 Å². The third-order valence-electron chi connectivity index (χ3n) is 5.87. The van der Waals surface area contributed by atoms with Crippen molar-refractivity contribution in [2.45, 2.75) is 60.1 Å². The highest BCUT2D eigenvalue weighted by molar-refractivity contribution is 6.00. The summed E-state index contributed by atoms with van der Waals surface area (Å²) in [7, 11) is 0. The van der Waals surface area contributed by atoms with Gasteiger partial charge in [0.2, 0.25) is 0 Å². The number of esters is 1. The first-order valence-electron chi connectivity index (χ1n) is 11.9. The Balaban J connectivity index is 1.80. The summed E-state index contributed by atoms with van der Waals surface area (Å²) < 4.78 is 5.48. The van der Waals surface area contributed by atoms with Crippen molar-refractivity contribution in [3.63, 3.8) is 0 Å². The van der Waals surface area contributed by atoms with Gasteiger partial charge in [-0.2, -0.15) is 0 Å². The minimum atomic E-state index is -0.653. The number of urea groups is 2. The van der Waals surface area contributed by atoms with Crippen molar-refractivity contribution in [1.82, 2.24) is 10.2 Å². The first kappa shape index (κ1) is 25.8. The Labute approximate surface area is 206 Å². The van der Waals surface area contributed by atoms with Gasteiger partial charge in [-0.3, -0.25) is 4.90 Å². The van der Waals surface area contributed by atoms with Crippen LogP contribution >= 0.6 is 0 Å². The zero-order valence-electron chi connectivity index (χ0n) is 21.2. The maximum atomic E-state index is 13.0. The highest BCUT2D eigenvalue weighted by Gasteiger charge is 2.36. The predicted molar refractivity (Wildman–Crippen MR) is 137 cm³/mol. The van der Waals surface area contributed by atoms with E-state index in [1.165, 1.54) is 0 Å². The molecule has 3 N–H and O–H groups in total. The number of benzene rings is 2. The van der Waals surface area contributed by atoms with E-state index in [0.29, 0.717) is 34.8 Å². The van der Waals surface area contributed by atoms with Gasteiger partial charge >= 0.3 is 18.0 Å². The van der Waals surface area contributed by atoms with Crippen LogP contribution in [-0.2, 0) is 9.53 Å². The number of aryl methyl sites for hydroxylation is 2. The molecule has 2 aromatic rings. The third kappa shape index (κ3) is 6.20. The van der Waals surface area contributed by atoms with Gasteiger partial charge in [0, 0.05) is 23.6 Å². The van der Waals surface area contributed by atoms with E-state index in [0.717, 1.165) is 17.5 Å². The summed E-state index contributed by atoms with van der Waals surface area (Å²) in [6.07, 6.45) is 0.468. The van der Waals surface area contributed by atoms with Gasteiger partial charge in [0.25, 0.3) is 0 Å². The smallest absolute Gasteiger partial charge is 0.338 e. The SMILES string of the molecule is CCCN1C(=O)NC(c2ccc(NC(=O)Nc3ccc(C)c(C)c3)cc2)C(C(=O)OC(C)C)=C1C. The fraction of sp³-hybridized carbons (Fsp3) is 0.370. The van der Waals surface area contributed by atoms with Gasteiger partial charge in [-0.05, 0) is 82.0 Å². The normalized spacial score (nSPS) is 15.7. The first-order valence-corrected chi connectivity index (χ1v) is 11.9. The van der Waals surface area contributed by atoms with Crippen molar-refractivity contribution in [3.05, 3.63) is 70.4 Å². The lowest BCUT2D eigenvalue weighted by atomic mass is 9.94. The van der Waals surface area contributed by atoms with Gasteiger partial charge in [0.1, 0.15) is 0 Å². The zero-order valence-corrected chi connectivity index (χ0v) is 21.2. The molecule has 0 saturated heterocycles. The van der Waals surface area contributed by atoms with Crippen molar-refractivity contribution >= 4 is 29.4 Å². The number of carbonyl (C=O) groups is 3. The lowest BCUT2D eigenvalue weighted by molar-refractivity contribution is -0.143. The Bertz CT molecular complexity index is 1140. The van der Waals surface area contributed by atoms with Crippen molar-refractivity contribution in [2.24, 2.45) is 0 Å². The molecule has 0 radical (unpaired) electrons. The minimum Gasteiger partial charge on any atom is -0.459 e. The molecule has 1 atom stereocenters. The number of nitrogens with zero attached hydrogens (tertiary/aromatic N) is 1.